The van der Waals surface area contributed by atoms with Gasteiger partial charge in [0.05, 0.1) is 22.5 Å². The van der Waals surface area contributed by atoms with Crippen LogP contribution in [-0.4, -0.2) is 10.2 Å². The maximum atomic E-state index is 13.4. The van der Waals surface area contributed by atoms with Crippen LogP contribution in [-0.2, 0) is 6.18 Å². The van der Waals surface area contributed by atoms with Crippen LogP contribution in [0.3, 0.4) is 0 Å². The van der Waals surface area contributed by atoms with Gasteiger partial charge in [-0.1, -0.05) is 30.3 Å². The molecule has 6 N–H and O–H groups in total. The van der Waals surface area contributed by atoms with Crippen molar-refractivity contribution in [1.82, 2.24) is 0 Å². The van der Waals surface area contributed by atoms with Gasteiger partial charge in [0.15, 0.2) is 0 Å². The van der Waals surface area contributed by atoms with Crippen LogP contribution < -0.4 is 11.5 Å². The molecular formula is C19H15F3N2O2. The molecular weight excluding hydrogens is 345 g/mol. The lowest BCUT2D eigenvalue weighted by atomic mass is 9.89. The van der Waals surface area contributed by atoms with E-state index >= 15 is 0 Å². The highest BCUT2D eigenvalue weighted by molar-refractivity contribution is 5.98. The minimum atomic E-state index is -4.59. The van der Waals surface area contributed by atoms with Gasteiger partial charge < -0.3 is 21.7 Å². The van der Waals surface area contributed by atoms with Crippen LogP contribution in [0.1, 0.15) is 5.56 Å². The van der Waals surface area contributed by atoms with Crippen molar-refractivity contribution in [3.8, 4) is 33.8 Å². The van der Waals surface area contributed by atoms with Gasteiger partial charge in [-0.2, -0.15) is 13.2 Å². The first-order valence-corrected chi connectivity index (χ1v) is 7.57. The predicted molar refractivity (Wildman–Crippen MR) is 94.5 cm³/mol. The molecule has 3 aromatic carbocycles. The molecule has 0 saturated heterocycles. The molecule has 0 bridgehead atoms. The summed E-state index contributed by atoms with van der Waals surface area (Å²) in [4.78, 5) is 0. The molecule has 3 aromatic rings. The summed E-state index contributed by atoms with van der Waals surface area (Å²) in [5.74, 6) is -0.629. The van der Waals surface area contributed by atoms with E-state index in [2.05, 4.69) is 0 Å². The average Bonchev–Trinajstić information content (AvgIpc) is 2.59. The Balaban J connectivity index is 2.40. The van der Waals surface area contributed by atoms with Crippen molar-refractivity contribution < 1.29 is 23.4 Å². The van der Waals surface area contributed by atoms with E-state index in [-0.39, 0.29) is 45.1 Å². The van der Waals surface area contributed by atoms with Crippen LogP contribution in [0.15, 0.2) is 54.6 Å². The number of alkyl halides is 3. The molecule has 0 aliphatic heterocycles. The smallest absolute Gasteiger partial charge is 0.417 e. The van der Waals surface area contributed by atoms with Crippen molar-refractivity contribution in [2.45, 2.75) is 6.18 Å². The minimum absolute atomic E-state index is 0.0184. The number of aromatic hydroxyl groups is 2. The van der Waals surface area contributed by atoms with Gasteiger partial charge in [-0.25, -0.2) is 0 Å². The topological polar surface area (TPSA) is 92.5 Å². The third-order valence-corrected chi connectivity index (χ3v) is 4.07. The van der Waals surface area contributed by atoms with Crippen LogP contribution in [0.4, 0.5) is 24.5 Å². The summed E-state index contributed by atoms with van der Waals surface area (Å²) >= 11 is 0. The Morgan fingerprint density at radius 2 is 1.31 bits per heavy atom. The van der Waals surface area contributed by atoms with E-state index in [4.69, 9.17) is 11.5 Å². The Hall–Kier alpha value is -3.35. The molecule has 4 nitrogen and oxygen atoms in total. The van der Waals surface area contributed by atoms with Gasteiger partial charge in [0, 0.05) is 5.56 Å². The summed E-state index contributed by atoms with van der Waals surface area (Å²) < 4.78 is 40.3. The first kappa shape index (κ1) is 17.5. The number of phenols is 2. The van der Waals surface area contributed by atoms with Gasteiger partial charge in [0.2, 0.25) is 0 Å². The van der Waals surface area contributed by atoms with E-state index < -0.39 is 11.7 Å². The zero-order valence-corrected chi connectivity index (χ0v) is 13.4. The minimum Gasteiger partial charge on any atom is -0.507 e. The Morgan fingerprint density at radius 1 is 0.692 bits per heavy atom. The molecule has 0 heterocycles. The molecule has 7 heteroatoms. The number of nitrogen functional groups attached to an aromatic ring is 2. The lowest BCUT2D eigenvalue weighted by Gasteiger charge is -2.19. The molecule has 134 valence electrons. The zero-order chi connectivity index (χ0) is 19.1. The summed E-state index contributed by atoms with van der Waals surface area (Å²) in [6.07, 6.45) is -4.59. The molecule has 0 aliphatic carbocycles. The second-order valence-electron chi connectivity index (χ2n) is 5.71. The predicted octanol–water partition coefficient (Wildman–Crippen LogP) is 4.62. The van der Waals surface area contributed by atoms with Crippen LogP contribution in [0.2, 0.25) is 0 Å². The second kappa shape index (κ2) is 6.18. The first-order valence-electron chi connectivity index (χ1n) is 7.57. The van der Waals surface area contributed by atoms with E-state index in [1.165, 1.54) is 48.5 Å². The van der Waals surface area contributed by atoms with Crippen molar-refractivity contribution in [2.75, 3.05) is 11.5 Å². The number of halogens is 3. The Labute approximate surface area is 147 Å². The van der Waals surface area contributed by atoms with Gasteiger partial charge in [-0.05, 0) is 35.4 Å². The van der Waals surface area contributed by atoms with Gasteiger partial charge in [-0.3, -0.25) is 0 Å². The molecule has 0 aliphatic rings. The molecule has 0 saturated carbocycles. The summed E-state index contributed by atoms with van der Waals surface area (Å²) in [5, 5.41) is 20.6. The van der Waals surface area contributed by atoms with Crippen molar-refractivity contribution in [3.63, 3.8) is 0 Å². The summed E-state index contributed by atoms with van der Waals surface area (Å²) in [6, 6.07) is 11.8. The monoisotopic (exact) mass is 360 g/mol. The third kappa shape index (κ3) is 2.88. The fourth-order valence-corrected chi connectivity index (χ4v) is 2.88. The number of nitrogens with two attached hydrogens (primary N) is 2. The normalized spacial score (nSPS) is 11.5. The van der Waals surface area contributed by atoms with Crippen LogP contribution in [0.5, 0.6) is 11.5 Å². The molecule has 0 spiro atoms. The Kier molecular flexibility index (Phi) is 4.15. The molecule has 26 heavy (non-hydrogen) atoms. The van der Waals surface area contributed by atoms with Gasteiger partial charge in [0.25, 0.3) is 0 Å². The summed E-state index contributed by atoms with van der Waals surface area (Å²) in [7, 11) is 0. The number of benzene rings is 3. The number of anilines is 2. The molecule has 0 fully saturated rings. The van der Waals surface area contributed by atoms with Crippen molar-refractivity contribution in [3.05, 3.63) is 60.2 Å². The highest BCUT2D eigenvalue weighted by Gasteiger charge is 2.34. The van der Waals surface area contributed by atoms with Crippen LogP contribution in [0.25, 0.3) is 22.3 Å². The molecule has 3 rings (SSSR count). The SMILES string of the molecule is Nc1ccc(O)c(-c2c(O)cccc2-c2ccccc2C(F)(F)F)c1N. The maximum absolute atomic E-state index is 13.4. The van der Waals surface area contributed by atoms with E-state index in [9.17, 15) is 23.4 Å². The number of hydrogen-bond donors (Lipinski definition) is 4. The van der Waals surface area contributed by atoms with E-state index in [1.54, 1.807) is 0 Å². The average molecular weight is 360 g/mol. The van der Waals surface area contributed by atoms with Gasteiger partial charge in [0.1, 0.15) is 11.5 Å². The molecule has 0 atom stereocenters. The second-order valence-corrected chi connectivity index (χ2v) is 5.71. The largest absolute Gasteiger partial charge is 0.507 e. The van der Waals surface area contributed by atoms with Crippen molar-refractivity contribution in [1.29, 1.82) is 0 Å². The van der Waals surface area contributed by atoms with E-state index in [0.29, 0.717) is 0 Å². The first-order chi connectivity index (χ1) is 12.2. The maximum Gasteiger partial charge on any atom is 0.417 e. The Morgan fingerprint density at radius 3 is 2.00 bits per heavy atom. The lowest BCUT2D eigenvalue weighted by molar-refractivity contribution is -0.137. The lowest BCUT2D eigenvalue weighted by Crippen LogP contribution is -2.07. The standard InChI is InChI=1S/C19H15F3N2O2/c20-19(21,22)12-6-2-1-4-10(12)11-5-3-7-14(25)16(11)17-15(26)9-8-13(23)18(17)24/h1-9,25-26H,23-24H2. The zero-order valence-electron chi connectivity index (χ0n) is 13.4. The fourth-order valence-electron chi connectivity index (χ4n) is 2.88. The highest BCUT2D eigenvalue weighted by atomic mass is 19.4. The number of phenolic OH excluding ortho intramolecular Hbond substituents is 2. The summed E-state index contributed by atoms with van der Waals surface area (Å²) in [6.45, 7) is 0. The highest BCUT2D eigenvalue weighted by Crippen LogP contribution is 2.48. The quantitative estimate of drug-likeness (QED) is 0.396. The van der Waals surface area contributed by atoms with Crippen molar-refractivity contribution >= 4 is 11.4 Å². The van der Waals surface area contributed by atoms with Crippen LogP contribution >= 0.6 is 0 Å². The molecule has 0 amide bonds. The van der Waals surface area contributed by atoms with Gasteiger partial charge >= 0.3 is 6.18 Å². The van der Waals surface area contributed by atoms with Crippen molar-refractivity contribution in [2.24, 2.45) is 0 Å². The van der Waals surface area contributed by atoms with E-state index in [0.717, 1.165) is 6.07 Å². The van der Waals surface area contributed by atoms with E-state index in [1.807, 2.05) is 0 Å². The molecule has 0 radical (unpaired) electrons. The molecule has 0 unspecified atom stereocenters. The summed E-state index contributed by atoms with van der Waals surface area (Å²) in [5.41, 5.74) is 10.8. The number of hydrogen-bond acceptors (Lipinski definition) is 4. The van der Waals surface area contributed by atoms with Crippen LogP contribution in [0, 0.1) is 0 Å². The van der Waals surface area contributed by atoms with Gasteiger partial charge in [-0.15, -0.1) is 0 Å². The number of rotatable bonds is 2. The molecule has 0 aromatic heterocycles. The third-order valence-electron chi connectivity index (χ3n) is 4.07. The fraction of sp³-hybridized carbons (Fsp3) is 0.0526. The Bertz CT molecular complexity index is 985.